The summed E-state index contributed by atoms with van der Waals surface area (Å²) in [7, 11) is 0. The Labute approximate surface area is 198 Å². The van der Waals surface area contributed by atoms with Crippen LogP contribution in [0, 0.1) is 5.92 Å². The maximum absolute atomic E-state index is 12.9. The minimum atomic E-state index is -0.614. The first-order chi connectivity index (χ1) is 16.0. The van der Waals surface area contributed by atoms with Gasteiger partial charge >= 0.3 is 0 Å². The van der Waals surface area contributed by atoms with Gasteiger partial charge in [-0.25, -0.2) is 0 Å². The Balaban J connectivity index is 1.53. The number of nitrogens with one attached hydrogen (secondary N) is 1. The first kappa shape index (κ1) is 23.8. The summed E-state index contributed by atoms with van der Waals surface area (Å²) < 4.78 is 0. The van der Waals surface area contributed by atoms with Crippen LogP contribution in [0.3, 0.4) is 0 Å². The fourth-order valence-corrected chi connectivity index (χ4v) is 5.87. The highest BCUT2D eigenvalue weighted by Gasteiger charge is 2.49. The Hall–Kier alpha value is -2.37. The Kier molecular flexibility index (Phi) is 7.71. The van der Waals surface area contributed by atoms with Gasteiger partial charge in [-0.3, -0.25) is 9.69 Å². The van der Waals surface area contributed by atoms with Crippen LogP contribution in [-0.4, -0.2) is 47.7 Å². The molecule has 5 heteroatoms. The molecule has 2 fully saturated rings. The van der Waals surface area contributed by atoms with Crippen molar-refractivity contribution in [2.24, 2.45) is 5.92 Å². The van der Waals surface area contributed by atoms with Crippen molar-refractivity contribution < 1.29 is 9.90 Å². The predicted octanol–water partition coefficient (Wildman–Crippen LogP) is 4.52. The molecule has 1 saturated heterocycles. The number of aliphatic hydroxyl groups is 1. The molecule has 0 spiro atoms. The highest BCUT2D eigenvalue weighted by atomic mass is 16.3. The van der Waals surface area contributed by atoms with E-state index in [1.54, 1.807) is 0 Å². The summed E-state index contributed by atoms with van der Waals surface area (Å²) in [4.78, 5) is 17.5. The van der Waals surface area contributed by atoms with E-state index in [1.807, 2.05) is 30.3 Å². The number of fused-ring (bicyclic) bond motifs is 1. The van der Waals surface area contributed by atoms with E-state index in [9.17, 15) is 9.90 Å². The molecule has 1 aliphatic heterocycles. The molecule has 4 rings (SSSR count). The van der Waals surface area contributed by atoms with Gasteiger partial charge in [0.15, 0.2) is 0 Å². The van der Waals surface area contributed by atoms with Crippen molar-refractivity contribution in [2.75, 3.05) is 31.1 Å². The number of nitrogens with zero attached hydrogens (tertiary/aromatic N) is 2. The average Bonchev–Trinajstić information content (AvgIpc) is 2.85. The normalized spacial score (nSPS) is 25.3. The van der Waals surface area contributed by atoms with Crippen molar-refractivity contribution in [3.8, 4) is 0 Å². The maximum Gasteiger partial charge on any atom is 0.234 e. The minimum absolute atomic E-state index is 0.0462. The lowest BCUT2D eigenvalue weighted by Gasteiger charge is -2.52. The van der Waals surface area contributed by atoms with Gasteiger partial charge in [0.1, 0.15) is 0 Å². The number of carbonyl (C=O) groups excluding carboxylic acids is 1. The molecule has 2 aliphatic rings. The van der Waals surface area contributed by atoms with Crippen LogP contribution < -0.4 is 10.2 Å². The van der Waals surface area contributed by atoms with Gasteiger partial charge in [-0.05, 0) is 56.4 Å². The minimum Gasteiger partial charge on any atom is -0.389 e. The van der Waals surface area contributed by atoms with E-state index in [1.165, 1.54) is 11.3 Å². The van der Waals surface area contributed by atoms with Gasteiger partial charge in [-0.1, -0.05) is 55.3 Å². The molecule has 1 saturated carbocycles. The van der Waals surface area contributed by atoms with Crippen LogP contribution in [0.15, 0.2) is 54.6 Å². The Morgan fingerprint density at radius 2 is 1.79 bits per heavy atom. The van der Waals surface area contributed by atoms with Gasteiger partial charge in [0.05, 0.1) is 12.1 Å². The summed E-state index contributed by atoms with van der Waals surface area (Å²) in [5.74, 6) is 0.214. The molecular formula is C28H39N3O2. The molecule has 2 aromatic carbocycles. The SMILES string of the molecule is CCN(CC)c1ccc([C@H]2[C@H]3CCCC[C@]3(O)CCN2CC(=O)NCc2ccccc2)cc1. The maximum atomic E-state index is 12.9. The van der Waals surface area contributed by atoms with E-state index >= 15 is 0 Å². The lowest BCUT2D eigenvalue weighted by molar-refractivity contribution is -0.138. The molecule has 0 unspecified atom stereocenters. The van der Waals surface area contributed by atoms with Crippen LogP contribution >= 0.6 is 0 Å². The van der Waals surface area contributed by atoms with E-state index in [2.05, 4.69) is 53.2 Å². The zero-order chi connectivity index (χ0) is 23.3. The van der Waals surface area contributed by atoms with E-state index in [0.717, 1.165) is 57.3 Å². The molecule has 1 amide bonds. The molecule has 2 N–H and O–H groups in total. The smallest absolute Gasteiger partial charge is 0.234 e. The van der Waals surface area contributed by atoms with Gasteiger partial charge in [0, 0.05) is 43.8 Å². The van der Waals surface area contributed by atoms with Crippen molar-refractivity contribution in [2.45, 2.75) is 64.1 Å². The van der Waals surface area contributed by atoms with Gasteiger partial charge in [0.2, 0.25) is 5.91 Å². The Morgan fingerprint density at radius 3 is 2.48 bits per heavy atom. The number of hydrogen-bond donors (Lipinski definition) is 2. The predicted molar refractivity (Wildman–Crippen MR) is 134 cm³/mol. The number of amides is 1. The first-order valence-corrected chi connectivity index (χ1v) is 12.7. The van der Waals surface area contributed by atoms with Gasteiger partial charge < -0.3 is 15.3 Å². The molecule has 0 bridgehead atoms. The molecule has 0 radical (unpaired) electrons. The van der Waals surface area contributed by atoms with Crippen molar-refractivity contribution in [3.63, 3.8) is 0 Å². The molecule has 1 aliphatic carbocycles. The summed E-state index contributed by atoms with van der Waals surface area (Å²) in [6.45, 7) is 7.97. The lowest BCUT2D eigenvalue weighted by Crippen LogP contribution is -2.56. The Bertz CT molecular complexity index is 897. The average molecular weight is 450 g/mol. The zero-order valence-corrected chi connectivity index (χ0v) is 20.2. The number of hydrogen-bond acceptors (Lipinski definition) is 4. The topological polar surface area (TPSA) is 55.8 Å². The van der Waals surface area contributed by atoms with Crippen LogP contribution in [-0.2, 0) is 11.3 Å². The van der Waals surface area contributed by atoms with E-state index in [-0.39, 0.29) is 17.9 Å². The summed E-state index contributed by atoms with van der Waals surface area (Å²) in [6, 6.07) is 18.9. The van der Waals surface area contributed by atoms with Gasteiger partial charge in [0.25, 0.3) is 0 Å². The molecule has 0 aromatic heterocycles. The number of anilines is 1. The van der Waals surface area contributed by atoms with Gasteiger partial charge in [-0.2, -0.15) is 0 Å². The van der Waals surface area contributed by atoms with Crippen molar-refractivity contribution in [1.29, 1.82) is 0 Å². The molecular weight excluding hydrogens is 410 g/mol. The van der Waals surface area contributed by atoms with Crippen LogP contribution in [0.5, 0.6) is 0 Å². The van der Waals surface area contributed by atoms with Crippen LogP contribution in [0.25, 0.3) is 0 Å². The monoisotopic (exact) mass is 449 g/mol. The van der Waals surface area contributed by atoms with E-state index < -0.39 is 5.60 Å². The quantitative estimate of drug-likeness (QED) is 0.622. The Morgan fingerprint density at radius 1 is 1.06 bits per heavy atom. The third-order valence-electron chi connectivity index (χ3n) is 7.71. The number of benzene rings is 2. The molecule has 3 atom stereocenters. The molecule has 33 heavy (non-hydrogen) atoms. The fraction of sp³-hybridized carbons (Fsp3) is 0.536. The highest BCUT2D eigenvalue weighted by Crippen LogP contribution is 2.49. The summed E-state index contributed by atoms with van der Waals surface area (Å²) in [5.41, 5.74) is 2.93. The van der Waals surface area contributed by atoms with E-state index in [4.69, 9.17) is 0 Å². The molecule has 1 heterocycles. The number of carbonyl (C=O) groups is 1. The van der Waals surface area contributed by atoms with Crippen LogP contribution in [0.2, 0.25) is 0 Å². The number of piperidine rings is 1. The largest absolute Gasteiger partial charge is 0.389 e. The van der Waals surface area contributed by atoms with Crippen LogP contribution in [0.4, 0.5) is 5.69 Å². The molecule has 2 aromatic rings. The first-order valence-electron chi connectivity index (χ1n) is 12.7. The number of rotatable bonds is 8. The fourth-order valence-electron chi connectivity index (χ4n) is 5.87. The summed E-state index contributed by atoms with van der Waals surface area (Å²) in [5, 5.41) is 14.6. The second kappa shape index (κ2) is 10.7. The van der Waals surface area contributed by atoms with Crippen molar-refractivity contribution in [3.05, 3.63) is 65.7 Å². The standard InChI is InChI=1S/C28H39N3O2/c1-3-30(4-2)24-15-13-23(14-16-24)27-25-12-8-9-17-28(25,33)18-19-31(27)21-26(32)29-20-22-10-6-5-7-11-22/h5-7,10-11,13-16,25,27,33H,3-4,8-9,12,17-21H2,1-2H3,(H,29,32)/t25-,27+,28+/m1/s1. The second-order valence-corrected chi connectivity index (χ2v) is 9.65. The summed E-state index contributed by atoms with van der Waals surface area (Å²) >= 11 is 0. The molecule has 5 nitrogen and oxygen atoms in total. The lowest BCUT2D eigenvalue weighted by atomic mass is 9.66. The zero-order valence-electron chi connectivity index (χ0n) is 20.2. The van der Waals surface area contributed by atoms with Crippen molar-refractivity contribution in [1.82, 2.24) is 10.2 Å². The third-order valence-corrected chi connectivity index (χ3v) is 7.71. The highest BCUT2D eigenvalue weighted by molar-refractivity contribution is 5.78. The number of likely N-dealkylation sites (tertiary alicyclic amines) is 1. The van der Waals surface area contributed by atoms with Crippen LogP contribution in [0.1, 0.15) is 63.1 Å². The third kappa shape index (κ3) is 5.42. The van der Waals surface area contributed by atoms with Gasteiger partial charge in [-0.15, -0.1) is 0 Å². The van der Waals surface area contributed by atoms with E-state index in [0.29, 0.717) is 13.1 Å². The summed E-state index contributed by atoms with van der Waals surface area (Å²) in [6.07, 6.45) is 4.88. The molecule has 178 valence electrons. The van der Waals surface area contributed by atoms with Crippen molar-refractivity contribution >= 4 is 11.6 Å². The second-order valence-electron chi connectivity index (χ2n) is 9.65.